The van der Waals surface area contributed by atoms with Gasteiger partial charge in [0.15, 0.2) is 0 Å². The van der Waals surface area contributed by atoms with Crippen LogP contribution in [-0.4, -0.2) is 47.6 Å². The van der Waals surface area contributed by atoms with Crippen molar-refractivity contribution >= 4 is 11.8 Å². The van der Waals surface area contributed by atoms with Crippen LogP contribution in [0.3, 0.4) is 0 Å². The molecule has 0 spiro atoms. The number of aliphatic imine (C=N–C) groups is 1. The van der Waals surface area contributed by atoms with E-state index in [1.165, 1.54) is 17.0 Å². The average Bonchev–Trinajstić information content (AvgIpc) is 3.08. The van der Waals surface area contributed by atoms with Crippen LogP contribution in [0.1, 0.15) is 37.5 Å². The van der Waals surface area contributed by atoms with Crippen LogP contribution < -0.4 is 0 Å². The Kier molecular flexibility index (Phi) is 5.35. The molecular weight excluding hydrogens is 386 g/mol. The molecule has 1 unspecified atom stereocenters. The minimum absolute atomic E-state index is 0.0130. The van der Waals surface area contributed by atoms with Gasteiger partial charge in [-0.15, -0.1) is 0 Å². The summed E-state index contributed by atoms with van der Waals surface area (Å²) >= 11 is 0. The SMILES string of the molecule is CC(C)(C)OC(=O)N1CC([C@H]2Cc3ccccc3C(c3ccc(F)cc3)=N2)[C@@H](F)C1. The summed E-state index contributed by atoms with van der Waals surface area (Å²) in [5.74, 6) is -0.728. The fourth-order valence-corrected chi connectivity index (χ4v) is 4.15. The molecule has 0 saturated carbocycles. The molecule has 4 rings (SSSR count). The van der Waals surface area contributed by atoms with Gasteiger partial charge in [0.25, 0.3) is 0 Å². The minimum Gasteiger partial charge on any atom is -0.444 e. The average molecular weight is 412 g/mol. The van der Waals surface area contributed by atoms with Crippen molar-refractivity contribution in [2.24, 2.45) is 10.9 Å². The Labute approximate surface area is 175 Å². The lowest BCUT2D eigenvalue weighted by Crippen LogP contribution is -2.37. The van der Waals surface area contributed by atoms with Crippen molar-refractivity contribution in [1.82, 2.24) is 4.90 Å². The summed E-state index contributed by atoms with van der Waals surface area (Å²) in [5, 5.41) is 0. The lowest BCUT2D eigenvalue weighted by molar-refractivity contribution is 0.0280. The number of amides is 1. The molecule has 2 aromatic carbocycles. The Balaban J connectivity index is 1.62. The second kappa shape index (κ2) is 7.82. The van der Waals surface area contributed by atoms with Gasteiger partial charge in [-0.1, -0.05) is 24.3 Å². The van der Waals surface area contributed by atoms with Crippen LogP contribution in [0.25, 0.3) is 0 Å². The lowest BCUT2D eigenvalue weighted by Gasteiger charge is -2.29. The molecule has 2 aliphatic heterocycles. The number of hydrogen-bond donors (Lipinski definition) is 0. The smallest absolute Gasteiger partial charge is 0.410 e. The van der Waals surface area contributed by atoms with Gasteiger partial charge in [0.2, 0.25) is 0 Å². The van der Waals surface area contributed by atoms with Gasteiger partial charge in [-0.3, -0.25) is 4.99 Å². The Morgan fingerprint density at radius 2 is 1.80 bits per heavy atom. The minimum atomic E-state index is -1.18. The maximum atomic E-state index is 15.0. The normalized spacial score (nSPS) is 23.7. The number of ether oxygens (including phenoxy) is 1. The number of alkyl halides is 1. The summed E-state index contributed by atoms with van der Waals surface area (Å²) in [4.78, 5) is 18.8. The lowest BCUT2D eigenvalue weighted by atomic mass is 9.85. The van der Waals surface area contributed by atoms with Gasteiger partial charge in [-0.2, -0.15) is 0 Å². The molecule has 0 N–H and O–H groups in total. The van der Waals surface area contributed by atoms with Gasteiger partial charge in [-0.25, -0.2) is 13.6 Å². The van der Waals surface area contributed by atoms with Crippen molar-refractivity contribution in [1.29, 1.82) is 0 Å². The van der Waals surface area contributed by atoms with Gasteiger partial charge < -0.3 is 9.64 Å². The van der Waals surface area contributed by atoms with E-state index in [4.69, 9.17) is 9.73 Å². The molecule has 1 saturated heterocycles. The van der Waals surface area contributed by atoms with E-state index >= 15 is 4.39 Å². The highest BCUT2D eigenvalue weighted by molar-refractivity contribution is 6.14. The zero-order chi connectivity index (χ0) is 21.5. The van der Waals surface area contributed by atoms with E-state index < -0.39 is 23.8 Å². The molecule has 0 bridgehead atoms. The molecule has 6 heteroatoms. The number of fused-ring (bicyclic) bond motifs is 1. The molecule has 0 aliphatic carbocycles. The van der Waals surface area contributed by atoms with E-state index in [1.54, 1.807) is 32.9 Å². The predicted molar refractivity (Wildman–Crippen MR) is 112 cm³/mol. The van der Waals surface area contributed by atoms with Crippen LogP contribution in [0.4, 0.5) is 13.6 Å². The molecule has 3 atom stereocenters. The van der Waals surface area contributed by atoms with Crippen molar-refractivity contribution in [2.75, 3.05) is 13.1 Å². The van der Waals surface area contributed by atoms with Crippen LogP contribution in [0.2, 0.25) is 0 Å². The van der Waals surface area contributed by atoms with E-state index in [1.807, 2.05) is 24.3 Å². The molecule has 1 fully saturated rings. The first kappa shape index (κ1) is 20.5. The number of halogens is 2. The van der Waals surface area contributed by atoms with Crippen molar-refractivity contribution in [3.8, 4) is 0 Å². The number of rotatable bonds is 2. The number of nitrogens with zero attached hydrogens (tertiary/aromatic N) is 2. The first-order valence-electron chi connectivity index (χ1n) is 10.3. The zero-order valence-corrected chi connectivity index (χ0v) is 17.4. The van der Waals surface area contributed by atoms with Crippen LogP contribution in [-0.2, 0) is 11.2 Å². The van der Waals surface area contributed by atoms with E-state index in [-0.39, 0.29) is 24.9 Å². The second-order valence-corrected chi connectivity index (χ2v) is 8.98. The molecule has 2 heterocycles. The van der Waals surface area contributed by atoms with Crippen molar-refractivity contribution in [3.63, 3.8) is 0 Å². The maximum Gasteiger partial charge on any atom is 0.410 e. The molecule has 158 valence electrons. The van der Waals surface area contributed by atoms with Gasteiger partial charge >= 0.3 is 6.09 Å². The molecular formula is C24H26F2N2O2. The molecule has 30 heavy (non-hydrogen) atoms. The zero-order valence-electron chi connectivity index (χ0n) is 17.4. The van der Waals surface area contributed by atoms with Crippen molar-refractivity contribution in [3.05, 3.63) is 71.0 Å². The third kappa shape index (κ3) is 4.23. The number of hydrogen-bond acceptors (Lipinski definition) is 3. The summed E-state index contributed by atoms with van der Waals surface area (Å²) < 4.78 is 33.8. The third-order valence-corrected chi connectivity index (χ3v) is 5.55. The number of carbonyl (C=O) groups is 1. The van der Waals surface area contributed by atoms with E-state index in [0.717, 1.165) is 22.4 Å². The van der Waals surface area contributed by atoms with E-state index in [0.29, 0.717) is 6.42 Å². The Bertz CT molecular complexity index is 966. The van der Waals surface area contributed by atoms with Crippen LogP contribution in [0, 0.1) is 11.7 Å². The van der Waals surface area contributed by atoms with Crippen molar-refractivity contribution in [2.45, 2.75) is 45.0 Å². The van der Waals surface area contributed by atoms with Crippen LogP contribution in [0.5, 0.6) is 0 Å². The maximum absolute atomic E-state index is 15.0. The molecule has 0 aromatic heterocycles. The number of likely N-dealkylation sites (tertiary alicyclic amines) is 1. The summed E-state index contributed by atoms with van der Waals surface area (Å²) in [7, 11) is 0. The summed E-state index contributed by atoms with van der Waals surface area (Å²) in [5.41, 5.74) is 2.98. The van der Waals surface area contributed by atoms with Gasteiger partial charge in [0.05, 0.1) is 18.3 Å². The van der Waals surface area contributed by atoms with Crippen LogP contribution in [0.15, 0.2) is 53.5 Å². The Hall–Kier alpha value is -2.76. The quantitative estimate of drug-likeness (QED) is 0.712. The number of benzene rings is 2. The largest absolute Gasteiger partial charge is 0.444 e. The second-order valence-electron chi connectivity index (χ2n) is 8.98. The van der Waals surface area contributed by atoms with Gasteiger partial charge in [-0.05, 0) is 57.0 Å². The first-order valence-corrected chi connectivity index (χ1v) is 10.3. The van der Waals surface area contributed by atoms with E-state index in [9.17, 15) is 9.18 Å². The summed E-state index contributed by atoms with van der Waals surface area (Å²) in [6, 6.07) is 13.8. The molecule has 0 radical (unpaired) electrons. The first-order chi connectivity index (χ1) is 14.2. The topological polar surface area (TPSA) is 41.9 Å². The van der Waals surface area contributed by atoms with Gasteiger partial charge in [0.1, 0.15) is 17.6 Å². The molecule has 4 nitrogen and oxygen atoms in total. The van der Waals surface area contributed by atoms with Crippen molar-refractivity contribution < 1.29 is 18.3 Å². The highest BCUT2D eigenvalue weighted by Gasteiger charge is 2.42. The molecule has 2 aliphatic rings. The standard InChI is InChI=1S/C24H26F2N2O2/c1-24(2,3)30-23(29)28-13-19(20(26)14-28)21-12-16-6-4-5-7-18(16)22(27-21)15-8-10-17(25)11-9-15/h4-11,19-21H,12-14H2,1-3H3/t19?,20-,21+/m0/s1. The van der Waals surface area contributed by atoms with Crippen LogP contribution >= 0.6 is 0 Å². The fourth-order valence-electron chi connectivity index (χ4n) is 4.15. The van der Waals surface area contributed by atoms with Gasteiger partial charge in [0, 0.05) is 23.6 Å². The highest BCUT2D eigenvalue weighted by atomic mass is 19.1. The molecule has 1 amide bonds. The molecule has 2 aromatic rings. The van der Waals surface area contributed by atoms with E-state index in [2.05, 4.69) is 0 Å². The highest BCUT2D eigenvalue weighted by Crippen LogP contribution is 2.33. The predicted octanol–water partition coefficient (Wildman–Crippen LogP) is 4.79. The Morgan fingerprint density at radius 3 is 2.50 bits per heavy atom. The Morgan fingerprint density at radius 1 is 1.10 bits per heavy atom. The number of carbonyl (C=O) groups excluding carboxylic acids is 1. The third-order valence-electron chi connectivity index (χ3n) is 5.55. The monoisotopic (exact) mass is 412 g/mol. The summed E-state index contributed by atoms with van der Waals surface area (Å²) in [6.07, 6.45) is -1.06. The summed E-state index contributed by atoms with van der Waals surface area (Å²) in [6.45, 7) is 5.66. The fraction of sp³-hybridized carbons (Fsp3) is 0.417.